The lowest BCUT2D eigenvalue weighted by atomic mass is 10.1. The minimum absolute atomic E-state index is 0.195. The van der Waals surface area contributed by atoms with Crippen molar-refractivity contribution in [1.82, 2.24) is 29.8 Å². The van der Waals surface area contributed by atoms with Gasteiger partial charge in [0.15, 0.2) is 5.65 Å². The number of aromatic amines is 1. The van der Waals surface area contributed by atoms with Crippen LogP contribution in [0.4, 0.5) is 20.4 Å². The van der Waals surface area contributed by atoms with E-state index >= 15 is 0 Å². The quantitative estimate of drug-likeness (QED) is 0.689. The summed E-state index contributed by atoms with van der Waals surface area (Å²) in [5, 5.41) is 14.8. The van der Waals surface area contributed by atoms with Crippen LogP contribution in [0.15, 0.2) is 12.5 Å². The molecule has 9 nitrogen and oxygen atoms in total. The number of aryl methyl sites for hydroxylation is 1. The zero-order valence-corrected chi connectivity index (χ0v) is 16.0. The van der Waals surface area contributed by atoms with Crippen LogP contribution < -0.4 is 10.2 Å². The van der Waals surface area contributed by atoms with E-state index in [0.717, 1.165) is 24.1 Å². The van der Waals surface area contributed by atoms with Gasteiger partial charge in [-0.05, 0) is 19.8 Å². The smallest absolute Gasteiger partial charge is 0.266 e. The number of hydrogen-bond acceptors (Lipinski definition) is 7. The van der Waals surface area contributed by atoms with E-state index in [1.165, 1.54) is 0 Å². The second-order valence-corrected chi connectivity index (χ2v) is 7.61. The summed E-state index contributed by atoms with van der Waals surface area (Å²) in [6, 6.07) is 0.226. The summed E-state index contributed by atoms with van der Waals surface area (Å²) in [5.74, 6) is -2.27. The minimum atomic E-state index is -2.74. The van der Waals surface area contributed by atoms with Gasteiger partial charge in [0.05, 0.1) is 12.7 Å². The number of aromatic nitrogens is 6. The van der Waals surface area contributed by atoms with E-state index in [9.17, 15) is 8.78 Å². The van der Waals surface area contributed by atoms with Crippen LogP contribution in [0.1, 0.15) is 25.0 Å². The number of H-pyrrole nitrogens is 1. The van der Waals surface area contributed by atoms with Crippen LogP contribution in [0.2, 0.25) is 0 Å². The van der Waals surface area contributed by atoms with Crippen molar-refractivity contribution in [1.29, 1.82) is 0 Å². The molecule has 0 unspecified atom stereocenters. The van der Waals surface area contributed by atoms with E-state index < -0.39 is 5.92 Å². The first-order chi connectivity index (χ1) is 14.0. The first-order valence-electron chi connectivity index (χ1n) is 9.73. The van der Waals surface area contributed by atoms with Crippen LogP contribution in [0.25, 0.3) is 16.9 Å². The van der Waals surface area contributed by atoms with Crippen molar-refractivity contribution < 1.29 is 13.5 Å². The summed E-state index contributed by atoms with van der Waals surface area (Å²) in [6.07, 6.45) is 4.77. The maximum absolute atomic E-state index is 14.0. The van der Waals surface area contributed by atoms with Crippen LogP contribution in [0.5, 0.6) is 0 Å². The molecule has 0 aromatic carbocycles. The summed E-state index contributed by atoms with van der Waals surface area (Å²) in [6.45, 7) is 3.13. The Morgan fingerprint density at radius 1 is 1.31 bits per heavy atom. The Morgan fingerprint density at radius 3 is 2.83 bits per heavy atom. The Balaban J connectivity index is 1.59. The third kappa shape index (κ3) is 3.39. The average molecular weight is 404 g/mol. The number of anilines is 2. The van der Waals surface area contributed by atoms with Gasteiger partial charge in [-0.2, -0.15) is 14.6 Å². The van der Waals surface area contributed by atoms with Gasteiger partial charge in [0.2, 0.25) is 5.95 Å². The van der Waals surface area contributed by atoms with E-state index in [1.54, 1.807) is 21.9 Å². The van der Waals surface area contributed by atoms with Gasteiger partial charge in [-0.25, -0.2) is 13.8 Å². The van der Waals surface area contributed by atoms with Crippen molar-refractivity contribution in [3.05, 3.63) is 18.2 Å². The SMILES string of the molecule is Cc1[nH]ncc1-c1ncn2nc(NC3CCOCC3)nc2c1N1CCC(F)(F)C1. The summed E-state index contributed by atoms with van der Waals surface area (Å²) in [7, 11) is 0. The topological polar surface area (TPSA) is 96.3 Å². The normalized spacial score (nSPS) is 19.9. The Bertz CT molecular complexity index is 1030. The molecule has 0 saturated carbocycles. The highest BCUT2D eigenvalue weighted by atomic mass is 19.3. The molecule has 2 aliphatic heterocycles. The molecule has 2 fully saturated rings. The maximum Gasteiger partial charge on any atom is 0.266 e. The summed E-state index contributed by atoms with van der Waals surface area (Å²) in [5.41, 5.74) is 3.21. The van der Waals surface area contributed by atoms with Gasteiger partial charge in [0.25, 0.3) is 5.92 Å². The third-order valence-corrected chi connectivity index (χ3v) is 5.49. The first-order valence-corrected chi connectivity index (χ1v) is 9.73. The van der Waals surface area contributed by atoms with Crippen molar-refractivity contribution in [2.24, 2.45) is 0 Å². The molecule has 0 aliphatic carbocycles. The number of rotatable bonds is 4. The van der Waals surface area contributed by atoms with Crippen LogP contribution in [-0.4, -0.2) is 68.0 Å². The number of alkyl halides is 2. The number of halogens is 2. The Kier molecular flexibility index (Phi) is 4.34. The number of nitrogens with one attached hydrogen (secondary N) is 2. The third-order valence-electron chi connectivity index (χ3n) is 5.49. The van der Waals surface area contributed by atoms with Crippen LogP contribution >= 0.6 is 0 Å². The van der Waals surface area contributed by atoms with E-state index in [4.69, 9.17) is 4.74 Å². The second-order valence-electron chi connectivity index (χ2n) is 7.61. The summed E-state index contributed by atoms with van der Waals surface area (Å²) < 4.78 is 34.9. The highest BCUT2D eigenvalue weighted by Crippen LogP contribution is 2.38. The fraction of sp³-hybridized carbons (Fsp3) is 0.556. The molecule has 0 amide bonds. The molecular formula is C18H22F2N8O. The van der Waals surface area contributed by atoms with Crippen LogP contribution in [-0.2, 0) is 4.74 Å². The van der Waals surface area contributed by atoms with Gasteiger partial charge in [-0.3, -0.25) is 5.10 Å². The summed E-state index contributed by atoms with van der Waals surface area (Å²) in [4.78, 5) is 10.8. The van der Waals surface area contributed by atoms with Gasteiger partial charge in [-0.1, -0.05) is 0 Å². The molecule has 154 valence electrons. The van der Waals surface area contributed by atoms with Crippen molar-refractivity contribution in [2.75, 3.05) is 36.5 Å². The average Bonchev–Trinajstić information content (AvgIpc) is 3.39. The van der Waals surface area contributed by atoms with Gasteiger partial charge >= 0.3 is 0 Å². The minimum Gasteiger partial charge on any atom is -0.381 e. The fourth-order valence-corrected chi connectivity index (χ4v) is 3.93. The van der Waals surface area contributed by atoms with E-state index in [1.807, 2.05) is 6.92 Å². The molecule has 0 bridgehead atoms. The number of nitrogens with zero attached hydrogens (tertiary/aromatic N) is 6. The number of hydrogen-bond donors (Lipinski definition) is 2. The molecule has 0 spiro atoms. The molecule has 3 aromatic heterocycles. The van der Waals surface area contributed by atoms with Gasteiger partial charge in [-0.15, -0.1) is 5.10 Å². The zero-order valence-electron chi connectivity index (χ0n) is 16.0. The molecule has 0 atom stereocenters. The van der Waals surface area contributed by atoms with Crippen LogP contribution in [0.3, 0.4) is 0 Å². The van der Waals surface area contributed by atoms with Gasteiger partial charge in [0.1, 0.15) is 17.7 Å². The molecule has 2 saturated heterocycles. The predicted molar refractivity (Wildman–Crippen MR) is 102 cm³/mol. The Labute approximate surface area is 165 Å². The molecule has 2 N–H and O–H groups in total. The van der Waals surface area contributed by atoms with Crippen LogP contribution in [0, 0.1) is 6.92 Å². The van der Waals surface area contributed by atoms with Crippen molar-refractivity contribution in [2.45, 2.75) is 38.2 Å². The molecular weight excluding hydrogens is 382 g/mol. The molecule has 11 heteroatoms. The number of fused-ring (bicyclic) bond motifs is 1. The second kappa shape index (κ2) is 6.90. The van der Waals surface area contributed by atoms with E-state index in [0.29, 0.717) is 36.2 Å². The van der Waals surface area contributed by atoms with Crippen molar-refractivity contribution >= 4 is 17.3 Å². The fourth-order valence-electron chi connectivity index (χ4n) is 3.93. The highest BCUT2D eigenvalue weighted by molar-refractivity contribution is 5.86. The highest BCUT2D eigenvalue weighted by Gasteiger charge is 2.40. The predicted octanol–water partition coefficient (Wildman–Crippen LogP) is 2.26. The maximum atomic E-state index is 14.0. The molecule has 0 radical (unpaired) electrons. The largest absolute Gasteiger partial charge is 0.381 e. The number of ether oxygens (including phenoxy) is 1. The van der Waals surface area contributed by atoms with Gasteiger partial charge < -0.3 is 15.0 Å². The van der Waals surface area contributed by atoms with E-state index in [-0.39, 0.29) is 25.6 Å². The molecule has 5 heterocycles. The molecule has 3 aromatic rings. The van der Waals surface area contributed by atoms with Crippen molar-refractivity contribution in [3.63, 3.8) is 0 Å². The monoisotopic (exact) mass is 404 g/mol. The molecule has 2 aliphatic rings. The van der Waals surface area contributed by atoms with Crippen molar-refractivity contribution in [3.8, 4) is 11.3 Å². The Hall–Kier alpha value is -2.82. The lowest BCUT2D eigenvalue weighted by molar-refractivity contribution is 0.0257. The molecule has 29 heavy (non-hydrogen) atoms. The summed E-state index contributed by atoms with van der Waals surface area (Å²) >= 11 is 0. The lowest BCUT2D eigenvalue weighted by Crippen LogP contribution is -2.28. The Morgan fingerprint density at radius 2 is 2.14 bits per heavy atom. The zero-order chi connectivity index (χ0) is 20.0. The molecule has 5 rings (SSSR count). The standard InChI is InChI=1S/C18H22F2N8O/c1-11-13(8-22-25-11)14-15(27-5-4-18(19,20)9-27)16-24-17(26-28(16)10-21-14)23-12-2-6-29-7-3-12/h8,10,12H,2-7,9H2,1H3,(H,22,25)(H,23,26). The first kappa shape index (κ1) is 18.2. The lowest BCUT2D eigenvalue weighted by Gasteiger charge is -2.22. The van der Waals surface area contributed by atoms with Gasteiger partial charge in [0, 0.05) is 43.5 Å². The van der Waals surface area contributed by atoms with E-state index in [2.05, 4.69) is 30.6 Å².